The smallest absolute Gasteiger partial charge is 0.0354 e. The molecule has 0 atom stereocenters. The van der Waals surface area contributed by atoms with Crippen LogP contribution in [-0.4, -0.2) is 0 Å². The van der Waals surface area contributed by atoms with E-state index >= 15 is 0 Å². The van der Waals surface area contributed by atoms with Gasteiger partial charge in [0.05, 0.1) is 0 Å². The van der Waals surface area contributed by atoms with Crippen LogP contribution in [0.1, 0.15) is 51.7 Å². The van der Waals surface area contributed by atoms with Crippen LogP contribution in [0.2, 0.25) is 0 Å². The highest BCUT2D eigenvalue weighted by atomic mass is 127. The highest BCUT2D eigenvalue weighted by molar-refractivity contribution is 14.1. The standard InChI is InChI=1S/C22H23IS/c1-21(2)9-10-22(3,4)18-12-15(5-7-17(18)21)14-6-8-20-16(11-14)19(23)13-24-20/h5-8,11-13H,9-10H2,1-4H3. The van der Waals surface area contributed by atoms with Crippen LogP contribution in [0.4, 0.5) is 0 Å². The lowest BCUT2D eigenvalue weighted by molar-refractivity contribution is 0.332. The van der Waals surface area contributed by atoms with Crippen molar-refractivity contribution in [2.45, 2.75) is 51.4 Å². The second-order valence-electron chi connectivity index (χ2n) is 8.32. The van der Waals surface area contributed by atoms with Gasteiger partial charge in [-0.1, -0.05) is 52.0 Å². The summed E-state index contributed by atoms with van der Waals surface area (Å²) in [6, 6.07) is 14.1. The minimum atomic E-state index is 0.266. The highest BCUT2D eigenvalue weighted by Crippen LogP contribution is 2.47. The van der Waals surface area contributed by atoms with Gasteiger partial charge in [0.15, 0.2) is 0 Å². The van der Waals surface area contributed by atoms with E-state index in [0.29, 0.717) is 0 Å². The Morgan fingerprint density at radius 2 is 1.46 bits per heavy atom. The molecule has 0 N–H and O–H groups in total. The van der Waals surface area contributed by atoms with Crippen LogP contribution in [0.25, 0.3) is 21.2 Å². The van der Waals surface area contributed by atoms with Crippen molar-refractivity contribution in [3.05, 3.63) is 56.5 Å². The van der Waals surface area contributed by atoms with E-state index in [9.17, 15) is 0 Å². The lowest BCUT2D eigenvalue weighted by Gasteiger charge is -2.42. The Hall–Kier alpha value is -0.870. The van der Waals surface area contributed by atoms with Crippen LogP contribution >= 0.6 is 33.9 Å². The van der Waals surface area contributed by atoms with Gasteiger partial charge in [0, 0.05) is 19.0 Å². The van der Waals surface area contributed by atoms with E-state index in [1.165, 1.54) is 48.8 Å². The zero-order valence-corrected chi connectivity index (χ0v) is 17.7. The van der Waals surface area contributed by atoms with Crippen LogP contribution in [0, 0.1) is 3.57 Å². The van der Waals surface area contributed by atoms with E-state index in [1.807, 2.05) is 11.3 Å². The molecule has 0 saturated carbocycles. The number of hydrogen-bond donors (Lipinski definition) is 0. The average Bonchev–Trinajstić information content (AvgIpc) is 2.92. The van der Waals surface area contributed by atoms with Crippen molar-refractivity contribution in [2.75, 3.05) is 0 Å². The number of fused-ring (bicyclic) bond motifs is 2. The van der Waals surface area contributed by atoms with Gasteiger partial charge in [-0.15, -0.1) is 11.3 Å². The van der Waals surface area contributed by atoms with Crippen molar-refractivity contribution in [2.24, 2.45) is 0 Å². The third-order valence-corrected chi connectivity index (χ3v) is 7.99. The van der Waals surface area contributed by atoms with Crippen LogP contribution in [0.3, 0.4) is 0 Å². The molecule has 2 heteroatoms. The van der Waals surface area contributed by atoms with Crippen molar-refractivity contribution < 1.29 is 0 Å². The minimum Gasteiger partial charge on any atom is -0.143 e. The van der Waals surface area contributed by atoms with Gasteiger partial charge in [-0.2, -0.15) is 0 Å². The summed E-state index contributed by atoms with van der Waals surface area (Å²) >= 11 is 4.28. The maximum Gasteiger partial charge on any atom is 0.0354 e. The zero-order valence-electron chi connectivity index (χ0n) is 14.7. The molecule has 0 amide bonds. The first-order valence-electron chi connectivity index (χ1n) is 8.60. The SMILES string of the molecule is CC1(C)CCC(C)(C)c2cc(-c3ccc4scc(I)c4c3)ccc21. The van der Waals surface area contributed by atoms with Gasteiger partial charge in [0.1, 0.15) is 0 Å². The lowest BCUT2D eigenvalue weighted by atomic mass is 9.63. The van der Waals surface area contributed by atoms with Crippen molar-refractivity contribution in [1.82, 2.24) is 0 Å². The third-order valence-electron chi connectivity index (χ3n) is 5.71. The summed E-state index contributed by atoms with van der Waals surface area (Å²) in [7, 11) is 0. The van der Waals surface area contributed by atoms with E-state index in [-0.39, 0.29) is 10.8 Å². The Kier molecular flexibility index (Phi) is 3.85. The first-order chi connectivity index (χ1) is 11.3. The number of rotatable bonds is 1. The summed E-state index contributed by atoms with van der Waals surface area (Å²) in [5.41, 5.74) is 6.31. The third kappa shape index (κ3) is 2.62. The summed E-state index contributed by atoms with van der Waals surface area (Å²) in [5, 5.41) is 3.63. The molecular formula is C22H23IS. The normalized spacial score (nSPS) is 18.5. The van der Waals surface area contributed by atoms with Gasteiger partial charge < -0.3 is 0 Å². The first-order valence-corrected chi connectivity index (χ1v) is 10.6. The molecule has 4 rings (SSSR count). The van der Waals surface area contributed by atoms with Gasteiger partial charge >= 0.3 is 0 Å². The molecule has 3 aromatic rings. The van der Waals surface area contributed by atoms with Crippen LogP contribution in [0.15, 0.2) is 41.8 Å². The summed E-state index contributed by atoms with van der Waals surface area (Å²) in [6.45, 7) is 9.58. The maximum absolute atomic E-state index is 2.46. The van der Waals surface area contributed by atoms with Crippen molar-refractivity contribution in [3.63, 3.8) is 0 Å². The monoisotopic (exact) mass is 446 g/mol. The predicted octanol–water partition coefficient (Wildman–Crippen LogP) is 7.52. The fourth-order valence-corrected chi connectivity index (χ4v) is 5.76. The fourth-order valence-electron chi connectivity index (χ4n) is 3.95. The molecule has 0 saturated heterocycles. The molecule has 0 nitrogen and oxygen atoms in total. The van der Waals surface area contributed by atoms with Gasteiger partial charge in [-0.3, -0.25) is 0 Å². The Morgan fingerprint density at radius 3 is 2.21 bits per heavy atom. The molecule has 24 heavy (non-hydrogen) atoms. The first kappa shape index (κ1) is 16.6. The molecule has 2 aromatic carbocycles. The molecule has 1 aromatic heterocycles. The quantitative estimate of drug-likeness (QED) is 0.339. The maximum atomic E-state index is 2.46. The number of benzene rings is 2. The largest absolute Gasteiger partial charge is 0.143 e. The Bertz CT molecular complexity index is 930. The summed E-state index contributed by atoms with van der Waals surface area (Å²) < 4.78 is 2.73. The van der Waals surface area contributed by atoms with Crippen LogP contribution in [-0.2, 0) is 10.8 Å². The molecule has 0 fully saturated rings. The summed E-state index contributed by atoms with van der Waals surface area (Å²) in [6.07, 6.45) is 2.53. The molecule has 0 radical (unpaired) electrons. The molecule has 0 unspecified atom stereocenters. The van der Waals surface area contributed by atoms with Gasteiger partial charge in [-0.25, -0.2) is 0 Å². The average molecular weight is 446 g/mol. The van der Waals surface area contributed by atoms with E-state index in [2.05, 4.69) is 92.1 Å². The number of halogens is 1. The molecule has 0 spiro atoms. The molecule has 1 aliphatic rings. The van der Waals surface area contributed by atoms with Gasteiger partial charge in [0.2, 0.25) is 0 Å². The number of hydrogen-bond acceptors (Lipinski definition) is 1. The molecular weight excluding hydrogens is 423 g/mol. The molecule has 1 aliphatic carbocycles. The van der Waals surface area contributed by atoms with Gasteiger partial charge in [-0.05, 0) is 80.6 Å². The Labute approximate surface area is 162 Å². The van der Waals surface area contributed by atoms with Crippen molar-refractivity contribution in [1.29, 1.82) is 0 Å². The summed E-state index contributed by atoms with van der Waals surface area (Å²) in [4.78, 5) is 0. The van der Waals surface area contributed by atoms with Gasteiger partial charge in [0.25, 0.3) is 0 Å². The molecule has 1 heterocycles. The van der Waals surface area contributed by atoms with E-state index in [0.717, 1.165) is 0 Å². The highest BCUT2D eigenvalue weighted by Gasteiger charge is 2.36. The molecule has 0 aliphatic heterocycles. The van der Waals surface area contributed by atoms with Crippen LogP contribution < -0.4 is 0 Å². The van der Waals surface area contributed by atoms with Crippen molar-refractivity contribution in [3.8, 4) is 11.1 Å². The lowest BCUT2D eigenvalue weighted by Crippen LogP contribution is -2.33. The number of thiophene rings is 1. The van der Waals surface area contributed by atoms with E-state index in [1.54, 1.807) is 0 Å². The zero-order chi connectivity index (χ0) is 17.1. The predicted molar refractivity (Wildman–Crippen MR) is 115 cm³/mol. The topological polar surface area (TPSA) is 0 Å². The van der Waals surface area contributed by atoms with E-state index < -0.39 is 0 Å². The Morgan fingerprint density at radius 1 is 0.833 bits per heavy atom. The minimum absolute atomic E-state index is 0.266. The van der Waals surface area contributed by atoms with Crippen molar-refractivity contribution >= 4 is 44.0 Å². The van der Waals surface area contributed by atoms with E-state index in [4.69, 9.17) is 0 Å². The Balaban J connectivity index is 1.89. The molecule has 0 bridgehead atoms. The second kappa shape index (κ2) is 5.57. The van der Waals surface area contributed by atoms with Crippen LogP contribution in [0.5, 0.6) is 0 Å². The fraction of sp³-hybridized carbons (Fsp3) is 0.364. The molecule has 124 valence electrons. The summed E-state index contributed by atoms with van der Waals surface area (Å²) in [5.74, 6) is 0. The second-order valence-corrected chi connectivity index (χ2v) is 10.4.